The number of fused-ring (bicyclic) bond motifs is 2. The minimum absolute atomic E-state index is 0.216. The van der Waals surface area contributed by atoms with Gasteiger partial charge < -0.3 is 13.9 Å². The van der Waals surface area contributed by atoms with E-state index in [1.807, 2.05) is 84.9 Å². The van der Waals surface area contributed by atoms with Gasteiger partial charge in [0.2, 0.25) is 6.79 Å². The molecule has 0 radical (unpaired) electrons. The molecule has 1 aliphatic rings. The Hall–Kier alpha value is -4.38. The van der Waals surface area contributed by atoms with Crippen molar-refractivity contribution in [3.05, 3.63) is 101 Å². The Bertz CT molecular complexity index is 1520. The Balaban J connectivity index is 1.58. The summed E-state index contributed by atoms with van der Waals surface area (Å²) in [5.74, 6) is 1.42. The van der Waals surface area contributed by atoms with Crippen LogP contribution >= 0.6 is 0 Å². The molecule has 0 atom stereocenters. The Labute approximate surface area is 183 Å². The van der Waals surface area contributed by atoms with E-state index in [2.05, 4.69) is 0 Å². The van der Waals surface area contributed by atoms with Crippen LogP contribution in [0, 0.1) is 0 Å². The van der Waals surface area contributed by atoms with E-state index in [4.69, 9.17) is 18.9 Å². The van der Waals surface area contributed by atoms with Crippen molar-refractivity contribution in [3.8, 4) is 45.1 Å². The minimum atomic E-state index is -0.418. The average Bonchev–Trinajstić information content (AvgIpc) is 3.32. The summed E-state index contributed by atoms with van der Waals surface area (Å²) >= 11 is 0. The second-order valence-corrected chi connectivity index (χ2v) is 7.55. The van der Waals surface area contributed by atoms with Gasteiger partial charge in [-0.2, -0.15) is 0 Å². The van der Waals surface area contributed by atoms with Gasteiger partial charge in [0.1, 0.15) is 5.58 Å². The van der Waals surface area contributed by atoms with Crippen LogP contribution in [0.5, 0.6) is 11.5 Å². The van der Waals surface area contributed by atoms with E-state index in [-0.39, 0.29) is 6.79 Å². The number of rotatable bonds is 3. The summed E-state index contributed by atoms with van der Waals surface area (Å²) in [5, 5.41) is 0.846. The summed E-state index contributed by atoms with van der Waals surface area (Å²) in [4.78, 5) is 17.7. The summed E-state index contributed by atoms with van der Waals surface area (Å²) in [6, 6.07) is 28.9. The van der Waals surface area contributed by atoms with Gasteiger partial charge in [-0.25, -0.2) is 9.78 Å². The molecule has 3 aromatic carbocycles. The first-order chi connectivity index (χ1) is 15.7. The van der Waals surface area contributed by atoms with Gasteiger partial charge in [0.25, 0.3) is 0 Å². The molecular weight excluding hydrogens is 402 g/mol. The van der Waals surface area contributed by atoms with Gasteiger partial charge in [-0.15, -0.1) is 0 Å². The smallest absolute Gasteiger partial charge is 0.345 e. The Kier molecular flexibility index (Phi) is 4.25. The maximum absolute atomic E-state index is 12.8. The predicted octanol–water partition coefficient (Wildman–Crippen LogP) is 5.92. The second-order valence-electron chi connectivity index (χ2n) is 7.55. The van der Waals surface area contributed by atoms with Crippen molar-refractivity contribution < 1.29 is 13.9 Å². The molecule has 0 unspecified atom stereocenters. The van der Waals surface area contributed by atoms with E-state index in [1.54, 1.807) is 6.07 Å². The number of aromatic nitrogens is 1. The fraction of sp³-hybridized carbons (Fsp3) is 0.0370. The lowest BCUT2D eigenvalue weighted by atomic mass is 10.00. The van der Waals surface area contributed by atoms with Crippen molar-refractivity contribution in [3.63, 3.8) is 0 Å². The molecule has 5 heteroatoms. The van der Waals surface area contributed by atoms with Crippen molar-refractivity contribution in [1.29, 1.82) is 0 Å². The zero-order valence-corrected chi connectivity index (χ0v) is 16.9. The van der Waals surface area contributed by atoms with E-state index in [0.29, 0.717) is 22.6 Å². The van der Waals surface area contributed by atoms with Gasteiger partial charge in [0, 0.05) is 10.9 Å². The number of benzene rings is 3. The molecule has 3 heterocycles. The van der Waals surface area contributed by atoms with Crippen LogP contribution in [-0.2, 0) is 0 Å². The molecule has 154 valence electrons. The molecule has 5 nitrogen and oxygen atoms in total. The normalized spacial score (nSPS) is 12.2. The van der Waals surface area contributed by atoms with Gasteiger partial charge in [0.15, 0.2) is 11.5 Å². The number of ether oxygens (including phenoxy) is 2. The Morgan fingerprint density at radius 3 is 2.34 bits per heavy atom. The van der Waals surface area contributed by atoms with Gasteiger partial charge in [-0.05, 0) is 47.5 Å². The molecule has 32 heavy (non-hydrogen) atoms. The van der Waals surface area contributed by atoms with Crippen molar-refractivity contribution in [1.82, 2.24) is 4.98 Å². The molecule has 0 aliphatic carbocycles. The topological polar surface area (TPSA) is 61.6 Å². The molecular formula is C27H17NO4. The van der Waals surface area contributed by atoms with Gasteiger partial charge >= 0.3 is 5.63 Å². The van der Waals surface area contributed by atoms with Crippen molar-refractivity contribution >= 4 is 11.0 Å². The lowest BCUT2D eigenvalue weighted by molar-refractivity contribution is 0.174. The maximum atomic E-state index is 12.8. The monoisotopic (exact) mass is 419 g/mol. The molecule has 6 rings (SSSR count). The zero-order valence-electron chi connectivity index (χ0n) is 16.9. The minimum Gasteiger partial charge on any atom is -0.454 e. The highest BCUT2D eigenvalue weighted by Crippen LogP contribution is 2.37. The van der Waals surface area contributed by atoms with Crippen LogP contribution in [0.1, 0.15) is 0 Å². The lowest BCUT2D eigenvalue weighted by Gasteiger charge is -2.10. The summed E-state index contributed by atoms with van der Waals surface area (Å²) in [5.41, 5.74) is 4.70. The number of hydrogen-bond acceptors (Lipinski definition) is 5. The van der Waals surface area contributed by atoms with Crippen LogP contribution in [0.2, 0.25) is 0 Å². The molecule has 0 spiro atoms. The number of hydrogen-bond donors (Lipinski definition) is 0. The van der Waals surface area contributed by atoms with E-state index < -0.39 is 5.63 Å². The third-order valence-electron chi connectivity index (χ3n) is 5.52. The van der Waals surface area contributed by atoms with Gasteiger partial charge in [-0.3, -0.25) is 0 Å². The van der Waals surface area contributed by atoms with Crippen LogP contribution in [0.4, 0.5) is 0 Å². The Morgan fingerprint density at radius 2 is 1.44 bits per heavy atom. The van der Waals surface area contributed by atoms with Crippen LogP contribution in [0.15, 0.2) is 100 Å². The van der Waals surface area contributed by atoms with Crippen molar-refractivity contribution in [2.24, 2.45) is 0 Å². The number of pyridine rings is 1. The quantitative estimate of drug-likeness (QED) is 0.340. The van der Waals surface area contributed by atoms with Crippen LogP contribution in [0.3, 0.4) is 0 Å². The zero-order chi connectivity index (χ0) is 21.5. The van der Waals surface area contributed by atoms with E-state index in [0.717, 1.165) is 33.5 Å². The fourth-order valence-electron chi connectivity index (χ4n) is 3.91. The average molecular weight is 419 g/mol. The van der Waals surface area contributed by atoms with Crippen LogP contribution in [-0.4, -0.2) is 11.8 Å². The Morgan fingerprint density at radius 1 is 0.656 bits per heavy atom. The van der Waals surface area contributed by atoms with Crippen molar-refractivity contribution in [2.75, 3.05) is 6.79 Å². The number of para-hydroxylation sites is 1. The molecule has 0 bridgehead atoms. The summed E-state index contributed by atoms with van der Waals surface area (Å²) < 4.78 is 16.6. The molecule has 5 aromatic rings. The molecule has 0 saturated heterocycles. The largest absolute Gasteiger partial charge is 0.454 e. The van der Waals surface area contributed by atoms with Crippen LogP contribution in [0.25, 0.3) is 44.6 Å². The van der Waals surface area contributed by atoms with Gasteiger partial charge in [0.05, 0.1) is 17.0 Å². The third kappa shape index (κ3) is 3.20. The maximum Gasteiger partial charge on any atom is 0.345 e. The first kappa shape index (κ1) is 18.4. The van der Waals surface area contributed by atoms with E-state index >= 15 is 0 Å². The molecule has 1 aliphatic heterocycles. The van der Waals surface area contributed by atoms with Crippen molar-refractivity contribution in [2.45, 2.75) is 0 Å². The molecule has 0 N–H and O–H groups in total. The second kappa shape index (κ2) is 7.39. The van der Waals surface area contributed by atoms with E-state index in [9.17, 15) is 4.79 Å². The standard InChI is InChI=1S/C27H17NO4/c29-27-21(12-19-8-4-5-9-24(19)32-27)23-14-20(13-22(28-23)17-6-2-1-3-7-17)18-10-11-25-26(15-18)31-16-30-25/h1-15H,16H2. The molecule has 0 fully saturated rings. The lowest BCUT2D eigenvalue weighted by Crippen LogP contribution is -2.04. The van der Waals surface area contributed by atoms with Crippen LogP contribution < -0.4 is 15.1 Å². The molecule has 2 aromatic heterocycles. The first-order valence-electron chi connectivity index (χ1n) is 10.3. The SMILES string of the molecule is O=c1oc2ccccc2cc1-c1cc(-c2ccc3c(c2)OCO3)cc(-c2ccccc2)n1. The highest BCUT2D eigenvalue weighted by Gasteiger charge is 2.17. The molecule has 0 saturated carbocycles. The van der Waals surface area contributed by atoms with E-state index in [1.165, 1.54) is 0 Å². The first-order valence-corrected chi connectivity index (χ1v) is 10.3. The summed E-state index contributed by atoms with van der Waals surface area (Å²) in [6.07, 6.45) is 0. The highest BCUT2D eigenvalue weighted by atomic mass is 16.7. The fourth-order valence-corrected chi connectivity index (χ4v) is 3.91. The third-order valence-corrected chi connectivity index (χ3v) is 5.52. The molecule has 0 amide bonds. The summed E-state index contributed by atoms with van der Waals surface area (Å²) in [6.45, 7) is 0.216. The summed E-state index contributed by atoms with van der Waals surface area (Å²) in [7, 11) is 0. The predicted molar refractivity (Wildman–Crippen MR) is 123 cm³/mol. The van der Waals surface area contributed by atoms with Gasteiger partial charge in [-0.1, -0.05) is 54.6 Å². The highest BCUT2D eigenvalue weighted by molar-refractivity contribution is 5.83. The number of nitrogens with zero attached hydrogens (tertiary/aromatic N) is 1.